The zero-order valence-electron chi connectivity index (χ0n) is 81.7. The van der Waals surface area contributed by atoms with Gasteiger partial charge in [-0.05, 0) is 136 Å². The normalized spacial score (nSPS) is 24.1. The maximum absolute atomic E-state index is 12.0. The van der Waals surface area contributed by atoms with Gasteiger partial charge in [-0.2, -0.15) is 37.0 Å². The highest BCUT2D eigenvalue weighted by molar-refractivity contribution is 14.2. The smallest absolute Gasteiger partial charge is 0.400 e. The molecule has 6 aliphatic rings. The number of rotatable bonds is 41. The van der Waals surface area contributed by atoms with E-state index in [2.05, 4.69) is 70.2 Å². The maximum atomic E-state index is 12.0. The Morgan fingerprint density at radius 2 is 0.875 bits per heavy atom. The average molecular weight is 2260 g/mol. The van der Waals surface area contributed by atoms with Crippen molar-refractivity contribution in [3.8, 4) is 40.2 Å². The fourth-order valence-electron chi connectivity index (χ4n) is 15.7. The van der Waals surface area contributed by atoms with E-state index in [4.69, 9.17) is 104 Å². The molecule has 43 heteroatoms. The number of hydrogen-bond acceptors (Lipinski definition) is 33. The van der Waals surface area contributed by atoms with E-state index in [1.165, 1.54) is 5.56 Å². The lowest BCUT2D eigenvalue weighted by Crippen LogP contribution is -2.49. The topological polar surface area (TPSA) is 438 Å². The van der Waals surface area contributed by atoms with E-state index < -0.39 is 139 Å². The zero-order valence-corrected chi connectivity index (χ0v) is 89.9. The molecule has 0 radical (unpaired) electrons. The molecule has 0 bridgehead atoms. The fraction of sp³-hybridized carbons (Fsp3) is 0.465. The summed E-state index contributed by atoms with van der Waals surface area (Å²) in [6.07, 6.45) is -9.02. The average Bonchev–Trinajstić information content (AvgIpc) is 1.71. The van der Waals surface area contributed by atoms with Gasteiger partial charge in [-0.25, -0.2) is 16.7 Å². The summed E-state index contributed by atoms with van der Waals surface area (Å²) in [6, 6.07) is 74.2. The summed E-state index contributed by atoms with van der Waals surface area (Å²) >= 11 is 3.91. The molecular weight excluding hydrogens is 2130 g/mol. The third kappa shape index (κ3) is 39.9. The van der Waals surface area contributed by atoms with Crippen LogP contribution in [0.15, 0.2) is 231 Å². The molecule has 6 heterocycles. The monoisotopic (exact) mass is 2260 g/mol. The van der Waals surface area contributed by atoms with Crippen molar-refractivity contribution in [2.75, 3.05) is 125 Å². The second-order valence-electron chi connectivity index (χ2n) is 34.6. The van der Waals surface area contributed by atoms with Gasteiger partial charge in [0.05, 0.1) is 153 Å². The van der Waals surface area contributed by atoms with Crippen molar-refractivity contribution in [3.05, 3.63) is 281 Å². The first-order chi connectivity index (χ1) is 68.7. The van der Waals surface area contributed by atoms with E-state index in [9.17, 15) is 45.1 Å². The van der Waals surface area contributed by atoms with E-state index in [-0.39, 0.29) is 64.8 Å². The van der Waals surface area contributed by atoms with Crippen LogP contribution in [-0.2, 0) is 163 Å². The quantitative estimate of drug-likeness (QED) is 0.00810. The van der Waals surface area contributed by atoms with Gasteiger partial charge in [0.15, 0.2) is 23.1 Å². The first-order valence-corrected chi connectivity index (χ1v) is 58.2. The minimum atomic E-state index is -4.82. The molecule has 0 aliphatic carbocycles. The molecule has 9 unspecified atom stereocenters. The van der Waals surface area contributed by atoms with Crippen molar-refractivity contribution in [1.29, 1.82) is 0 Å². The van der Waals surface area contributed by atoms with E-state index in [1.807, 2.05) is 230 Å². The van der Waals surface area contributed by atoms with Gasteiger partial charge in [-0.3, -0.25) is 13.8 Å². The number of hydrogen-bond donors (Lipinski definition) is 7. The summed E-state index contributed by atoms with van der Waals surface area (Å²) in [7, 11) is -3.21. The van der Waals surface area contributed by atoms with Crippen molar-refractivity contribution in [2.45, 2.75) is 168 Å². The third-order valence-corrected chi connectivity index (χ3v) is 32.0. The maximum Gasteiger partial charge on any atom is 0.400 e. The molecule has 6 fully saturated rings. The van der Waals surface area contributed by atoms with Gasteiger partial charge in [-0.15, -0.1) is 0 Å². The van der Waals surface area contributed by atoms with E-state index >= 15 is 0 Å². The summed E-state index contributed by atoms with van der Waals surface area (Å²) in [5.74, 6) is 7.60. The Bertz CT molecular complexity index is 5490. The predicted molar refractivity (Wildman–Crippen MR) is 557 cm³/mol. The molecule has 0 saturated carbocycles. The Morgan fingerprint density at radius 3 is 1.29 bits per heavy atom. The Balaban J connectivity index is 0.000000219. The Kier molecular flexibility index (Phi) is 51.1. The lowest BCUT2D eigenvalue weighted by Gasteiger charge is -2.37. The van der Waals surface area contributed by atoms with Gasteiger partial charge in [-0.1, -0.05) is 195 Å². The van der Waals surface area contributed by atoms with Crippen molar-refractivity contribution in [3.63, 3.8) is 0 Å². The molecule has 20 atom stereocenters. The summed E-state index contributed by atoms with van der Waals surface area (Å²) < 4.78 is 203. The van der Waals surface area contributed by atoms with Gasteiger partial charge in [0.1, 0.15) is 124 Å². The van der Waals surface area contributed by atoms with Crippen LogP contribution in [0.3, 0.4) is 0 Å². The van der Waals surface area contributed by atoms with Crippen LogP contribution in [0.5, 0.6) is 40.2 Å². The Labute approximate surface area is 868 Å². The third-order valence-electron chi connectivity index (χ3n) is 23.2. The minimum Gasteiger partial charge on any atom is -0.497 e. The highest BCUT2D eigenvalue weighted by Crippen LogP contribution is 2.39. The summed E-state index contributed by atoms with van der Waals surface area (Å²) in [6.45, 7) is 11.4. The molecule has 6 aliphatic heterocycles. The minimum absolute atomic E-state index is 0. The van der Waals surface area contributed by atoms with Gasteiger partial charge >= 0.3 is 31.2 Å². The van der Waals surface area contributed by atoms with Crippen LogP contribution >= 0.6 is 40.7 Å². The van der Waals surface area contributed by atoms with Crippen LogP contribution in [0, 0.1) is 5.41 Å². The van der Waals surface area contributed by atoms with Crippen molar-refractivity contribution < 1.29 is 162 Å². The fourth-order valence-corrected chi connectivity index (χ4v) is 24.6. The van der Waals surface area contributed by atoms with Gasteiger partial charge in [0.25, 0.3) is 0 Å². The molecule has 7 N–H and O–H groups in total. The molecule has 144 heavy (non-hydrogen) atoms. The Morgan fingerprint density at radius 1 is 0.472 bits per heavy atom. The Hall–Kier alpha value is -7.27. The summed E-state index contributed by atoms with van der Waals surface area (Å²) in [4.78, 5) is 0. The number of aliphatic hydroxyl groups is 5. The SMILES string of the molecule is COc1ccc(CC(C)(C)C)cc1.COc1ccc(COC[C@@H]2C(OCc3ccc(OC)cc3)[C@H](OCc3ccc(OC)cc3)C[S+]2C[C@H]2OC(c3ccccc3)OCC2OS(=O)(=O)O)cc1.COc1ccc(COC[C@H]2SC[C@@H](OCc3ccc(OC)cc3)C2OCc2ccc(OC)cc2)cc1.F.O=S(=O)(O)OC(CO)[C@H](O)C[S+]1C[C@@H](O)[C@H](O)[C@H]1CO.O=S1(=O)OC[C@H]2OC(c3ccccc3)OC[C@@H]2O1.PI. The second kappa shape index (κ2) is 61.1. The van der Waals surface area contributed by atoms with Crippen LogP contribution in [0.25, 0.3) is 0 Å². The second-order valence-corrected chi connectivity index (χ2v) is 43.9. The van der Waals surface area contributed by atoms with Gasteiger partial charge in [0, 0.05) is 38.7 Å². The summed E-state index contributed by atoms with van der Waals surface area (Å²) in [5, 5.41) is 46.4. The molecule has 15 rings (SSSR count). The predicted octanol–water partition coefficient (Wildman–Crippen LogP) is 12.9. The van der Waals surface area contributed by atoms with Crippen molar-refractivity contribution in [2.24, 2.45) is 5.41 Å². The van der Waals surface area contributed by atoms with Crippen LogP contribution in [-0.4, -0.2) is 274 Å². The molecular formula is C101H133FIO34PS6+2. The standard InChI is InChI=1S/C40H46O12S2.C29H34O6S.C12H18O.C11H12O6S.C9H18O9S2.FH.H2IP/c1-44-32-15-9-28(10-16-32)21-47-25-38-39(49-23-30-13-19-34(46-3)20-14-30)37(48-22-29-11-17-33(45-2)18-12-29)27-53(38)26-36-35(52-54(41,42)43)24-50-40(51-36)31-7-5-4-6-8-31;1-30-24-10-4-21(5-11-24)16-33-19-28-29(35-18-23-8-14-26(32-3)15-9-23)27(20-36-28)34-17-22-6-12-25(31-2)13-7-22;1-12(2,3)9-10-5-7-11(13-4)8-6-10;12-18(13)15-7-9-10(17-18)6-14-11(16-9)8-4-2-1-3-5-8;10-1-7(18-20(15,16)17)5(12)3-19-4-6(13)9(14)8(19)2-11;;1-2/h4-20,35-40H,21-27H2,1-3H3;4-15,27-29H,16-20H2,1-3H3;5-8H,9H2,1-4H3;1-5,9-11H,6-7H2;5-14H,1-4H2;1H;2H2/p+2/t35?,36-,37-,38-,39?,40?,53?;27-,28-,29?;;9-,10+,11?;5-,6-,7?,8-,9+,19?;;/m11.11../s1. The number of benzene rings is 9. The highest BCUT2D eigenvalue weighted by Gasteiger charge is 2.56. The van der Waals surface area contributed by atoms with Crippen LogP contribution in [0.2, 0.25) is 0 Å². The zero-order chi connectivity index (χ0) is 103. The molecule has 0 amide bonds. The van der Waals surface area contributed by atoms with E-state index in [0.717, 1.165) is 96.9 Å². The number of fused-ring (bicyclic) bond motifs is 1. The molecule has 9 aromatic carbocycles. The molecule has 794 valence electrons. The molecule has 0 aromatic heterocycles. The summed E-state index contributed by atoms with van der Waals surface area (Å²) in [5.41, 5.74) is 9.63. The largest absolute Gasteiger partial charge is 0.497 e. The first-order valence-electron chi connectivity index (χ1n) is 45.7. The number of halogens is 2. The lowest BCUT2D eigenvalue weighted by molar-refractivity contribution is -0.264. The lowest BCUT2D eigenvalue weighted by atomic mass is 9.88. The van der Waals surface area contributed by atoms with Crippen LogP contribution in [0.1, 0.15) is 83.4 Å². The number of thioether (sulfide) groups is 1. The molecule has 6 saturated heterocycles. The number of ether oxygens (including phenoxy) is 17. The highest BCUT2D eigenvalue weighted by atomic mass is 127. The van der Waals surface area contributed by atoms with E-state index in [0.29, 0.717) is 69.8 Å². The van der Waals surface area contributed by atoms with Crippen LogP contribution in [0.4, 0.5) is 4.70 Å². The van der Waals surface area contributed by atoms with Crippen LogP contribution < -0.4 is 33.2 Å². The number of aliphatic hydroxyl groups excluding tert-OH is 5. The van der Waals surface area contributed by atoms with Gasteiger partial charge < -0.3 is 106 Å². The molecule has 0 spiro atoms. The number of methoxy groups -OCH3 is 7. The van der Waals surface area contributed by atoms with Crippen molar-refractivity contribution >= 4 is 93.7 Å². The molecule has 34 nitrogen and oxygen atoms in total. The van der Waals surface area contributed by atoms with Crippen molar-refractivity contribution in [1.82, 2.24) is 0 Å². The van der Waals surface area contributed by atoms with E-state index in [1.54, 1.807) is 49.8 Å². The van der Waals surface area contributed by atoms with Gasteiger partial charge in [0.2, 0.25) is 0 Å². The first kappa shape index (κ1) is 120. The molecule has 9 aromatic rings.